The molecule has 1 amide bonds. The smallest absolute Gasteiger partial charge is 0.433 e. The van der Waals surface area contributed by atoms with Crippen molar-refractivity contribution >= 4 is 5.91 Å². The molecule has 1 aliphatic rings. The number of piperidine rings is 1. The van der Waals surface area contributed by atoms with Crippen LogP contribution in [0.4, 0.5) is 13.2 Å². The van der Waals surface area contributed by atoms with Gasteiger partial charge in [0, 0.05) is 26.0 Å². The van der Waals surface area contributed by atoms with Gasteiger partial charge in [-0.05, 0) is 18.9 Å². The molecule has 0 saturated carbocycles. The van der Waals surface area contributed by atoms with Gasteiger partial charge in [0.1, 0.15) is 11.7 Å². The van der Waals surface area contributed by atoms with Crippen molar-refractivity contribution in [3.63, 3.8) is 0 Å². The summed E-state index contributed by atoms with van der Waals surface area (Å²) in [4.78, 5) is 21.4. The molecule has 27 heavy (non-hydrogen) atoms. The van der Waals surface area contributed by atoms with Crippen molar-refractivity contribution in [2.24, 2.45) is 7.05 Å². The molecule has 0 bridgehead atoms. The monoisotopic (exact) mass is 385 g/mol. The summed E-state index contributed by atoms with van der Waals surface area (Å²) in [7, 11) is 3.10. The second-order valence-electron chi connectivity index (χ2n) is 6.08. The number of amides is 1. The largest absolute Gasteiger partial charge is 0.479 e. The van der Waals surface area contributed by atoms with Gasteiger partial charge in [-0.3, -0.25) is 9.48 Å². The molecule has 1 aliphatic heterocycles. The van der Waals surface area contributed by atoms with Crippen molar-refractivity contribution in [1.82, 2.24) is 24.6 Å². The number of likely N-dealkylation sites (tertiary alicyclic amines) is 1. The van der Waals surface area contributed by atoms with E-state index in [2.05, 4.69) is 15.1 Å². The highest BCUT2D eigenvalue weighted by Crippen LogP contribution is 2.28. The Morgan fingerprint density at radius 2 is 2.15 bits per heavy atom. The van der Waals surface area contributed by atoms with Crippen LogP contribution in [-0.4, -0.2) is 56.9 Å². The lowest BCUT2D eigenvalue weighted by Crippen LogP contribution is -2.44. The maximum absolute atomic E-state index is 12.8. The summed E-state index contributed by atoms with van der Waals surface area (Å²) in [5, 5.41) is 4.05. The molecular formula is C16H18F3N5O3. The van der Waals surface area contributed by atoms with Crippen LogP contribution < -0.4 is 9.47 Å². The van der Waals surface area contributed by atoms with E-state index < -0.39 is 18.0 Å². The number of rotatable bonds is 4. The van der Waals surface area contributed by atoms with Gasteiger partial charge in [-0.2, -0.15) is 18.2 Å². The van der Waals surface area contributed by atoms with Crippen LogP contribution in [-0.2, 0) is 13.2 Å². The SMILES string of the molecule is COc1nn(C)cc1C(=O)N1CCCC(Oc2nccc(C(F)(F)F)n2)C1. The predicted molar refractivity (Wildman–Crippen MR) is 86.3 cm³/mol. The number of hydrogen-bond acceptors (Lipinski definition) is 6. The summed E-state index contributed by atoms with van der Waals surface area (Å²) >= 11 is 0. The zero-order valence-corrected chi connectivity index (χ0v) is 14.7. The van der Waals surface area contributed by atoms with Gasteiger partial charge >= 0.3 is 12.2 Å². The maximum atomic E-state index is 12.8. The van der Waals surface area contributed by atoms with Crippen LogP contribution in [0.15, 0.2) is 18.5 Å². The van der Waals surface area contributed by atoms with E-state index in [4.69, 9.17) is 9.47 Å². The highest BCUT2D eigenvalue weighted by Gasteiger charge is 2.34. The summed E-state index contributed by atoms with van der Waals surface area (Å²) in [6.45, 7) is 0.705. The Balaban J connectivity index is 1.70. The summed E-state index contributed by atoms with van der Waals surface area (Å²) in [6, 6.07) is 0.418. The number of halogens is 3. The summed E-state index contributed by atoms with van der Waals surface area (Å²) < 4.78 is 50.4. The quantitative estimate of drug-likeness (QED) is 0.800. The first-order chi connectivity index (χ1) is 12.8. The Morgan fingerprint density at radius 3 is 2.85 bits per heavy atom. The molecule has 2 aromatic heterocycles. The first-order valence-electron chi connectivity index (χ1n) is 8.21. The molecule has 3 heterocycles. The fourth-order valence-electron chi connectivity index (χ4n) is 2.86. The number of ether oxygens (including phenoxy) is 2. The minimum atomic E-state index is -4.58. The molecule has 2 aromatic rings. The minimum Gasteiger partial charge on any atom is -0.479 e. The first kappa shape index (κ1) is 18.9. The van der Waals surface area contributed by atoms with Crippen molar-refractivity contribution in [3.05, 3.63) is 29.7 Å². The zero-order valence-electron chi connectivity index (χ0n) is 14.7. The molecule has 0 aromatic carbocycles. The van der Waals surface area contributed by atoms with E-state index in [1.807, 2.05) is 0 Å². The van der Waals surface area contributed by atoms with Crippen molar-refractivity contribution in [3.8, 4) is 11.9 Å². The highest BCUT2D eigenvalue weighted by molar-refractivity contribution is 5.96. The van der Waals surface area contributed by atoms with E-state index in [0.29, 0.717) is 24.9 Å². The van der Waals surface area contributed by atoms with Gasteiger partial charge in [-0.15, -0.1) is 5.10 Å². The second kappa shape index (κ2) is 7.41. The number of aryl methyl sites for hydroxylation is 1. The summed E-state index contributed by atoms with van der Waals surface area (Å²) in [6.07, 6.45) is -1.31. The highest BCUT2D eigenvalue weighted by atomic mass is 19.4. The maximum Gasteiger partial charge on any atom is 0.433 e. The van der Waals surface area contributed by atoms with Gasteiger partial charge < -0.3 is 14.4 Å². The number of hydrogen-bond donors (Lipinski definition) is 0. The van der Waals surface area contributed by atoms with Crippen LogP contribution >= 0.6 is 0 Å². The standard InChI is InChI=1S/C16H18F3N5O3/c1-23-9-11(13(22-23)26-2)14(25)24-7-3-4-10(8-24)27-15-20-6-5-12(21-15)16(17,18)19/h5-6,9-10H,3-4,7-8H2,1-2H3. The fourth-order valence-corrected chi connectivity index (χ4v) is 2.86. The molecule has 0 N–H and O–H groups in total. The average molecular weight is 385 g/mol. The first-order valence-corrected chi connectivity index (χ1v) is 8.21. The van der Waals surface area contributed by atoms with Crippen LogP contribution in [0.25, 0.3) is 0 Å². The molecule has 1 unspecified atom stereocenters. The second-order valence-corrected chi connectivity index (χ2v) is 6.08. The van der Waals surface area contributed by atoms with Crippen molar-refractivity contribution < 1.29 is 27.4 Å². The molecule has 1 saturated heterocycles. The molecule has 3 rings (SSSR count). The van der Waals surface area contributed by atoms with Crippen molar-refractivity contribution in [2.75, 3.05) is 20.2 Å². The van der Waals surface area contributed by atoms with Gasteiger partial charge in [0.15, 0.2) is 5.69 Å². The van der Waals surface area contributed by atoms with Crippen LogP contribution in [0, 0.1) is 0 Å². The fraction of sp³-hybridized carbons (Fsp3) is 0.500. The predicted octanol–water partition coefficient (Wildman–Crippen LogP) is 1.92. The lowest BCUT2D eigenvalue weighted by Gasteiger charge is -2.32. The normalized spacial score (nSPS) is 17.7. The molecule has 8 nitrogen and oxygen atoms in total. The number of methoxy groups -OCH3 is 1. The van der Waals surface area contributed by atoms with Crippen LogP contribution in [0.3, 0.4) is 0 Å². The Kier molecular flexibility index (Phi) is 5.19. The number of carbonyl (C=O) groups excluding carboxylic acids is 1. The third kappa shape index (κ3) is 4.29. The molecule has 1 fully saturated rings. The van der Waals surface area contributed by atoms with Crippen LogP contribution in [0.5, 0.6) is 11.9 Å². The van der Waals surface area contributed by atoms with Crippen molar-refractivity contribution in [1.29, 1.82) is 0 Å². The number of aromatic nitrogens is 4. The van der Waals surface area contributed by atoms with E-state index in [9.17, 15) is 18.0 Å². The lowest BCUT2D eigenvalue weighted by molar-refractivity contribution is -0.141. The number of carbonyl (C=O) groups is 1. The third-order valence-corrected chi connectivity index (χ3v) is 4.08. The van der Waals surface area contributed by atoms with Gasteiger partial charge in [0.25, 0.3) is 5.91 Å². The lowest BCUT2D eigenvalue weighted by atomic mass is 10.1. The molecule has 0 spiro atoms. The Hall–Kier alpha value is -2.85. The average Bonchev–Trinajstić information content (AvgIpc) is 3.02. The molecule has 11 heteroatoms. The molecule has 1 atom stereocenters. The third-order valence-electron chi connectivity index (χ3n) is 4.08. The molecule has 146 valence electrons. The van der Waals surface area contributed by atoms with Gasteiger partial charge in [-0.25, -0.2) is 4.98 Å². The van der Waals surface area contributed by atoms with Crippen LogP contribution in [0.1, 0.15) is 28.9 Å². The molecule has 0 aliphatic carbocycles. The van der Waals surface area contributed by atoms with Crippen molar-refractivity contribution in [2.45, 2.75) is 25.1 Å². The van der Waals surface area contributed by atoms with E-state index >= 15 is 0 Å². The topological polar surface area (TPSA) is 82.4 Å². The van der Waals surface area contributed by atoms with Crippen LogP contribution in [0.2, 0.25) is 0 Å². The number of nitrogens with zero attached hydrogens (tertiary/aromatic N) is 5. The van der Waals surface area contributed by atoms with E-state index in [0.717, 1.165) is 12.3 Å². The Labute approximate surface area is 152 Å². The molecule has 0 radical (unpaired) electrons. The van der Waals surface area contributed by atoms with Gasteiger partial charge in [0.05, 0.1) is 13.7 Å². The summed E-state index contributed by atoms with van der Waals surface area (Å²) in [5.41, 5.74) is -0.757. The zero-order chi connectivity index (χ0) is 19.6. The Morgan fingerprint density at radius 1 is 1.37 bits per heavy atom. The van der Waals surface area contributed by atoms with E-state index in [1.54, 1.807) is 18.1 Å². The minimum absolute atomic E-state index is 0.205. The Bertz CT molecular complexity index is 824. The van der Waals surface area contributed by atoms with Gasteiger partial charge in [-0.1, -0.05) is 0 Å². The van der Waals surface area contributed by atoms with Gasteiger partial charge in [0.2, 0.25) is 5.88 Å². The summed E-state index contributed by atoms with van der Waals surface area (Å²) in [5.74, 6) is -0.0648. The number of alkyl halides is 3. The molecular weight excluding hydrogens is 367 g/mol. The van der Waals surface area contributed by atoms with E-state index in [-0.39, 0.29) is 24.3 Å². The van der Waals surface area contributed by atoms with E-state index in [1.165, 1.54) is 11.8 Å².